The molecule has 2 rings (SSSR count). The van der Waals surface area contributed by atoms with Crippen molar-refractivity contribution in [3.05, 3.63) is 36.0 Å². The van der Waals surface area contributed by atoms with Crippen molar-refractivity contribution < 1.29 is 18.7 Å². The van der Waals surface area contributed by atoms with E-state index in [1.54, 1.807) is 18.2 Å². The zero-order valence-corrected chi connectivity index (χ0v) is 9.41. The van der Waals surface area contributed by atoms with Crippen LogP contribution in [0.3, 0.4) is 0 Å². The van der Waals surface area contributed by atoms with E-state index in [9.17, 15) is 13.6 Å². The zero-order valence-electron chi connectivity index (χ0n) is 9.41. The third-order valence-electron chi connectivity index (χ3n) is 2.51. The van der Waals surface area contributed by atoms with E-state index in [-0.39, 0.29) is 5.69 Å². The summed E-state index contributed by atoms with van der Waals surface area (Å²) in [7, 11) is 0. The third kappa shape index (κ3) is 2.65. The summed E-state index contributed by atoms with van der Waals surface area (Å²) in [5, 5.41) is 11.3. The number of para-hydroxylation sites is 1. The SMILES string of the molecule is O=C(NCC(F)(F)CO)c1cc2ccccc2[nH]1. The van der Waals surface area contributed by atoms with Gasteiger partial charge in [0.25, 0.3) is 11.8 Å². The first-order valence-corrected chi connectivity index (χ1v) is 5.36. The molecule has 0 spiro atoms. The van der Waals surface area contributed by atoms with Gasteiger partial charge in [0.2, 0.25) is 0 Å². The fraction of sp³-hybridized carbons (Fsp3) is 0.250. The summed E-state index contributed by atoms with van der Waals surface area (Å²) in [6.07, 6.45) is 0. The number of hydrogen-bond donors (Lipinski definition) is 3. The first kappa shape index (κ1) is 12.5. The van der Waals surface area contributed by atoms with E-state index in [0.717, 1.165) is 10.9 Å². The van der Waals surface area contributed by atoms with Crippen LogP contribution in [0.2, 0.25) is 0 Å². The Morgan fingerprint density at radius 2 is 2.11 bits per heavy atom. The van der Waals surface area contributed by atoms with Gasteiger partial charge in [0.05, 0.1) is 6.54 Å². The van der Waals surface area contributed by atoms with Crippen LogP contribution in [-0.4, -0.2) is 35.1 Å². The largest absolute Gasteiger partial charge is 0.390 e. The molecule has 96 valence electrons. The lowest BCUT2D eigenvalue weighted by molar-refractivity contribution is -0.0462. The van der Waals surface area contributed by atoms with E-state index in [1.165, 1.54) is 0 Å². The molecule has 0 aliphatic heterocycles. The fourth-order valence-corrected chi connectivity index (χ4v) is 1.56. The maximum Gasteiger partial charge on any atom is 0.287 e. The Balaban J connectivity index is 2.09. The Morgan fingerprint density at radius 1 is 1.39 bits per heavy atom. The molecule has 4 nitrogen and oxygen atoms in total. The van der Waals surface area contributed by atoms with Crippen molar-refractivity contribution in [3.8, 4) is 0 Å². The van der Waals surface area contributed by atoms with Crippen LogP contribution in [0, 0.1) is 0 Å². The molecule has 2 aromatic rings. The number of fused-ring (bicyclic) bond motifs is 1. The molecule has 0 aliphatic carbocycles. The Morgan fingerprint density at radius 3 is 2.78 bits per heavy atom. The maximum atomic E-state index is 12.8. The van der Waals surface area contributed by atoms with Gasteiger partial charge in [-0.05, 0) is 12.1 Å². The Labute approximate surface area is 102 Å². The summed E-state index contributed by atoms with van der Waals surface area (Å²) in [4.78, 5) is 14.4. The number of carbonyl (C=O) groups excluding carboxylic acids is 1. The summed E-state index contributed by atoms with van der Waals surface area (Å²) in [5.41, 5.74) is 0.974. The summed E-state index contributed by atoms with van der Waals surface area (Å²) in [6.45, 7) is -2.18. The number of carbonyl (C=O) groups is 1. The molecule has 6 heteroatoms. The molecule has 0 fully saturated rings. The Hall–Kier alpha value is -1.95. The molecule has 1 amide bonds. The molecule has 0 radical (unpaired) electrons. The van der Waals surface area contributed by atoms with Gasteiger partial charge in [0.15, 0.2) is 0 Å². The number of aromatic amines is 1. The average molecular weight is 254 g/mol. The van der Waals surface area contributed by atoms with Crippen molar-refractivity contribution >= 4 is 16.8 Å². The van der Waals surface area contributed by atoms with E-state index in [4.69, 9.17) is 5.11 Å². The van der Waals surface area contributed by atoms with Crippen molar-refractivity contribution in [3.63, 3.8) is 0 Å². The van der Waals surface area contributed by atoms with Crippen molar-refractivity contribution in [2.75, 3.05) is 13.2 Å². The van der Waals surface area contributed by atoms with Crippen molar-refractivity contribution in [2.45, 2.75) is 5.92 Å². The van der Waals surface area contributed by atoms with E-state index in [2.05, 4.69) is 10.3 Å². The zero-order chi connectivity index (χ0) is 13.2. The minimum atomic E-state index is -3.30. The molecule has 3 N–H and O–H groups in total. The number of aliphatic hydroxyl groups is 1. The lowest BCUT2D eigenvalue weighted by Crippen LogP contribution is -2.39. The number of amides is 1. The number of halogens is 2. The first-order valence-electron chi connectivity index (χ1n) is 5.36. The summed E-state index contributed by atoms with van der Waals surface area (Å²) in [6, 6.07) is 8.80. The standard InChI is InChI=1S/C12H12F2N2O2/c13-12(14,7-17)6-15-11(18)10-5-8-3-1-2-4-9(8)16-10/h1-5,16-17H,6-7H2,(H,15,18). The Bertz CT molecular complexity index is 533. The number of alkyl halides is 2. The van der Waals surface area contributed by atoms with Crippen molar-refractivity contribution in [1.82, 2.24) is 10.3 Å². The number of benzene rings is 1. The number of H-pyrrole nitrogens is 1. The number of hydrogen-bond acceptors (Lipinski definition) is 2. The summed E-state index contributed by atoms with van der Waals surface area (Å²) < 4.78 is 25.5. The van der Waals surface area contributed by atoms with Gasteiger partial charge in [0.1, 0.15) is 12.3 Å². The van der Waals surface area contributed by atoms with Gasteiger partial charge < -0.3 is 15.4 Å². The van der Waals surface area contributed by atoms with Crippen molar-refractivity contribution in [1.29, 1.82) is 0 Å². The van der Waals surface area contributed by atoms with Crippen LogP contribution in [0.4, 0.5) is 8.78 Å². The Kier molecular flexibility index (Phi) is 3.29. The molecule has 0 atom stereocenters. The molecule has 0 aliphatic rings. The number of aliphatic hydroxyl groups excluding tert-OH is 1. The van der Waals surface area contributed by atoms with Crippen LogP contribution in [0.25, 0.3) is 10.9 Å². The lowest BCUT2D eigenvalue weighted by Gasteiger charge is -2.13. The molecular formula is C12H12F2N2O2. The molecule has 0 bridgehead atoms. The number of aromatic nitrogens is 1. The second-order valence-electron chi connectivity index (χ2n) is 3.97. The maximum absolute atomic E-state index is 12.8. The molecule has 0 unspecified atom stereocenters. The number of nitrogens with one attached hydrogen (secondary N) is 2. The van der Waals surface area contributed by atoms with Crippen LogP contribution < -0.4 is 5.32 Å². The second kappa shape index (κ2) is 4.73. The minimum Gasteiger partial charge on any atom is -0.390 e. The number of rotatable bonds is 4. The van der Waals surface area contributed by atoms with Crippen LogP contribution in [0.1, 0.15) is 10.5 Å². The monoisotopic (exact) mass is 254 g/mol. The molecule has 1 aromatic carbocycles. The molecule has 1 heterocycles. The fourth-order valence-electron chi connectivity index (χ4n) is 1.56. The molecule has 1 aromatic heterocycles. The van der Waals surface area contributed by atoms with Crippen LogP contribution >= 0.6 is 0 Å². The highest BCUT2D eigenvalue weighted by Gasteiger charge is 2.28. The minimum absolute atomic E-state index is 0.213. The van der Waals surface area contributed by atoms with E-state index in [0.29, 0.717) is 0 Å². The third-order valence-corrected chi connectivity index (χ3v) is 2.51. The van der Waals surface area contributed by atoms with E-state index in [1.807, 2.05) is 12.1 Å². The normalized spacial score (nSPS) is 11.7. The van der Waals surface area contributed by atoms with Gasteiger partial charge in [-0.3, -0.25) is 4.79 Å². The highest BCUT2D eigenvalue weighted by Crippen LogP contribution is 2.15. The van der Waals surface area contributed by atoms with Gasteiger partial charge in [-0.25, -0.2) is 8.78 Å². The topological polar surface area (TPSA) is 65.1 Å². The smallest absolute Gasteiger partial charge is 0.287 e. The van der Waals surface area contributed by atoms with Gasteiger partial charge >= 0.3 is 0 Å². The highest BCUT2D eigenvalue weighted by molar-refractivity contribution is 5.97. The summed E-state index contributed by atoms with van der Waals surface area (Å²) in [5.74, 6) is -3.93. The predicted molar refractivity (Wildman–Crippen MR) is 62.7 cm³/mol. The van der Waals surface area contributed by atoms with Crippen LogP contribution in [0.15, 0.2) is 30.3 Å². The predicted octanol–water partition coefficient (Wildman–Crippen LogP) is 1.53. The average Bonchev–Trinajstić information content (AvgIpc) is 2.80. The van der Waals surface area contributed by atoms with Gasteiger partial charge in [0, 0.05) is 10.9 Å². The van der Waals surface area contributed by atoms with Gasteiger partial charge in [-0.15, -0.1) is 0 Å². The molecule has 18 heavy (non-hydrogen) atoms. The quantitative estimate of drug-likeness (QED) is 0.774. The first-order chi connectivity index (χ1) is 8.52. The molecule has 0 saturated heterocycles. The summed E-state index contributed by atoms with van der Waals surface area (Å²) >= 11 is 0. The van der Waals surface area contributed by atoms with E-state index >= 15 is 0 Å². The van der Waals surface area contributed by atoms with Crippen LogP contribution in [0.5, 0.6) is 0 Å². The highest BCUT2D eigenvalue weighted by atomic mass is 19.3. The van der Waals surface area contributed by atoms with Crippen molar-refractivity contribution in [2.24, 2.45) is 0 Å². The molecular weight excluding hydrogens is 242 g/mol. The van der Waals surface area contributed by atoms with E-state index < -0.39 is 25.0 Å². The van der Waals surface area contributed by atoms with Gasteiger partial charge in [-0.1, -0.05) is 18.2 Å². The van der Waals surface area contributed by atoms with Crippen LogP contribution in [-0.2, 0) is 0 Å². The molecule has 0 saturated carbocycles. The van der Waals surface area contributed by atoms with Gasteiger partial charge in [-0.2, -0.15) is 0 Å². The second-order valence-corrected chi connectivity index (χ2v) is 3.97. The lowest BCUT2D eigenvalue weighted by atomic mass is 10.2.